The zero-order valence-corrected chi connectivity index (χ0v) is 28.8. The molecule has 3 fully saturated rings. The van der Waals surface area contributed by atoms with Gasteiger partial charge < -0.3 is 29.3 Å². The highest BCUT2D eigenvalue weighted by atomic mass is 16.6. The van der Waals surface area contributed by atoms with Crippen molar-refractivity contribution in [2.24, 2.45) is 11.8 Å². The van der Waals surface area contributed by atoms with Crippen molar-refractivity contribution >= 4 is 23.7 Å². The van der Waals surface area contributed by atoms with Crippen LogP contribution in [0.1, 0.15) is 75.1 Å². The van der Waals surface area contributed by atoms with Gasteiger partial charge in [0.1, 0.15) is 23.7 Å². The third kappa shape index (κ3) is 5.86. The predicted molar refractivity (Wildman–Crippen MR) is 185 cm³/mol. The van der Waals surface area contributed by atoms with Crippen molar-refractivity contribution in [1.29, 1.82) is 0 Å². The van der Waals surface area contributed by atoms with Crippen LogP contribution < -0.4 is 0 Å². The minimum atomic E-state index is -1.42. The number of likely N-dealkylation sites (N-methyl/N-ethyl adjacent to an activating group) is 1. The Kier molecular flexibility index (Phi) is 9.67. The Bertz CT molecular complexity index is 1640. The van der Waals surface area contributed by atoms with Crippen molar-refractivity contribution in [2.75, 3.05) is 20.2 Å². The predicted octanol–water partition coefficient (Wildman–Crippen LogP) is 4.51. The maximum absolute atomic E-state index is 15.2. The third-order valence-electron chi connectivity index (χ3n) is 11.6. The average Bonchev–Trinajstić information content (AvgIpc) is 3.80. The molecule has 2 saturated heterocycles. The van der Waals surface area contributed by atoms with Crippen LogP contribution in [0.25, 0.3) is 0 Å². The molecule has 7 rings (SSSR count). The van der Waals surface area contributed by atoms with Gasteiger partial charge in [0.05, 0.1) is 30.7 Å². The molecule has 0 aromatic heterocycles. The van der Waals surface area contributed by atoms with E-state index in [1.165, 1.54) is 4.90 Å². The number of carbonyl (C=O) groups excluding carboxylic acids is 4. The van der Waals surface area contributed by atoms with Gasteiger partial charge in [-0.3, -0.25) is 19.2 Å². The van der Waals surface area contributed by atoms with E-state index in [4.69, 9.17) is 9.47 Å². The Balaban J connectivity index is 1.35. The molecular weight excluding hydrogens is 634 g/mol. The van der Waals surface area contributed by atoms with Gasteiger partial charge in [-0.05, 0) is 37.3 Å². The normalized spacial score (nSPS) is 33.5. The largest absolute Gasteiger partial charge is 0.455 e. The number of aliphatic hydroxyl groups excluding tert-OH is 1. The van der Waals surface area contributed by atoms with Crippen LogP contribution in [0.3, 0.4) is 0 Å². The number of likely N-dealkylation sites (tertiary alicyclic amines) is 1. The molecule has 1 saturated carbocycles. The van der Waals surface area contributed by atoms with Crippen molar-refractivity contribution < 1.29 is 33.8 Å². The fourth-order valence-corrected chi connectivity index (χ4v) is 8.90. The molecule has 1 spiro atoms. The van der Waals surface area contributed by atoms with Gasteiger partial charge in [-0.25, -0.2) is 0 Å². The first-order valence-corrected chi connectivity index (χ1v) is 18.1. The van der Waals surface area contributed by atoms with Crippen LogP contribution in [-0.4, -0.2) is 93.5 Å². The molecule has 3 amide bonds. The molecule has 8 atom stereocenters. The molecule has 4 heterocycles. The standard InChI is InChI=1S/C40H47N3O7/c1-26-35(28-17-9-4-10-18-28)49-39(48)33-31-22-23-40(50-31)34(33)37(46)43(30(25-44)27-15-7-3-8-16-27)36(40)38(47)42(29-19-11-5-12-20-29)24-14-6-13-21-32(45)41(26)2/h3-4,6-10,14-18,22-23,26,29-31,33-36,44H,5,11-13,19-21,24-25H2,1-2H3/b14-6-/t26-,30-,31+,33-,34-,35+,36+,40-/m1/s1. The molecule has 4 aliphatic heterocycles. The van der Waals surface area contributed by atoms with Crippen LogP contribution in [0.15, 0.2) is 85.0 Å². The number of aliphatic hydroxyl groups is 1. The Labute approximate surface area is 293 Å². The van der Waals surface area contributed by atoms with E-state index in [9.17, 15) is 19.5 Å². The third-order valence-corrected chi connectivity index (χ3v) is 11.6. The van der Waals surface area contributed by atoms with Crippen LogP contribution in [0.4, 0.5) is 0 Å². The van der Waals surface area contributed by atoms with Gasteiger partial charge in [-0.1, -0.05) is 104 Å². The highest BCUT2D eigenvalue weighted by Crippen LogP contribution is 2.57. The first-order valence-electron chi connectivity index (χ1n) is 18.1. The molecule has 5 bridgehead atoms. The zero-order valence-electron chi connectivity index (χ0n) is 28.8. The van der Waals surface area contributed by atoms with Gasteiger partial charge in [0.2, 0.25) is 17.7 Å². The summed E-state index contributed by atoms with van der Waals surface area (Å²) in [7, 11) is 1.72. The molecule has 50 heavy (non-hydrogen) atoms. The fourth-order valence-electron chi connectivity index (χ4n) is 8.90. The van der Waals surface area contributed by atoms with Gasteiger partial charge in [-0.15, -0.1) is 0 Å². The van der Waals surface area contributed by atoms with Crippen LogP contribution in [-0.2, 0) is 28.7 Å². The number of ether oxygens (including phenoxy) is 2. The summed E-state index contributed by atoms with van der Waals surface area (Å²) in [5.74, 6) is -3.46. The zero-order chi connectivity index (χ0) is 35.0. The highest BCUT2D eigenvalue weighted by Gasteiger charge is 2.74. The van der Waals surface area contributed by atoms with E-state index in [2.05, 4.69) is 0 Å². The van der Waals surface area contributed by atoms with Gasteiger partial charge >= 0.3 is 5.97 Å². The lowest BCUT2D eigenvalue weighted by atomic mass is 9.74. The lowest BCUT2D eigenvalue weighted by molar-refractivity contribution is -0.164. The number of fused-ring (bicyclic) bond motifs is 2. The van der Waals surface area contributed by atoms with Crippen LogP contribution >= 0.6 is 0 Å². The second-order valence-electron chi connectivity index (χ2n) is 14.4. The van der Waals surface area contributed by atoms with Crippen molar-refractivity contribution in [1.82, 2.24) is 14.7 Å². The monoisotopic (exact) mass is 681 g/mol. The number of amides is 3. The number of nitrogens with zero attached hydrogens (tertiary/aromatic N) is 3. The van der Waals surface area contributed by atoms with Crippen LogP contribution in [0.2, 0.25) is 0 Å². The molecule has 5 aliphatic rings. The van der Waals surface area contributed by atoms with Crippen LogP contribution in [0, 0.1) is 11.8 Å². The van der Waals surface area contributed by atoms with E-state index in [1.807, 2.05) is 84.6 Å². The molecule has 10 nitrogen and oxygen atoms in total. The molecule has 0 radical (unpaired) electrons. The molecular formula is C40H47N3O7. The molecule has 264 valence electrons. The number of rotatable bonds is 5. The number of esters is 1. The molecule has 2 aromatic rings. The maximum atomic E-state index is 15.2. The SMILES string of the molecule is C[C@@H]1[C@@H](c2ccccc2)OC(=O)[C@@H]2[C@@H]3C=C[C@]4(O3)[C@H](C(=O)N(C3CCCCC3)C/C=C\CCC(=O)N1C)N([C@H](CO)c1ccccc1)C(=O)[C@@H]24. The second kappa shape index (κ2) is 14.2. The van der Waals surface area contributed by atoms with Gasteiger partial charge in [0.15, 0.2) is 0 Å². The fraction of sp³-hybridized carbons (Fsp3) is 0.500. The quantitative estimate of drug-likeness (QED) is 0.365. The lowest BCUT2D eigenvalue weighted by Crippen LogP contribution is -2.58. The summed E-state index contributed by atoms with van der Waals surface area (Å²) >= 11 is 0. The second-order valence-corrected chi connectivity index (χ2v) is 14.4. The molecule has 1 aliphatic carbocycles. The number of benzene rings is 2. The summed E-state index contributed by atoms with van der Waals surface area (Å²) in [6.07, 6.45) is 11.4. The number of cyclic esters (lactones) is 1. The molecule has 0 unspecified atom stereocenters. The maximum Gasteiger partial charge on any atom is 0.313 e. The Morgan fingerprint density at radius 1 is 0.920 bits per heavy atom. The lowest BCUT2D eigenvalue weighted by Gasteiger charge is -2.42. The van der Waals surface area contributed by atoms with Crippen LogP contribution in [0.5, 0.6) is 0 Å². The van der Waals surface area contributed by atoms with Crippen molar-refractivity contribution in [3.8, 4) is 0 Å². The molecule has 2 aromatic carbocycles. The number of allylic oxidation sites excluding steroid dienone is 1. The molecule has 10 heteroatoms. The molecule has 1 N–H and O–H groups in total. The first-order chi connectivity index (χ1) is 24.3. The van der Waals surface area contributed by atoms with Crippen molar-refractivity contribution in [3.63, 3.8) is 0 Å². The number of hydrogen-bond donors (Lipinski definition) is 1. The van der Waals surface area contributed by atoms with Gasteiger partial charge in [-0.2, -0.15) is 0 Å². The van der Waals surface area contributed by atoms with Gasteiger partial charge in [0.25, 0.3) is 0 Å². The van der Waals surface area contributed by atoms with E-state index >= 15 is 4.79 Å². The summed E-state index contributed by atoms with van der Waals surface area (Å²) in [5.41, 5.74) is -0.0112. The van der Waals surface area contributed by atoms with E-state index < -0.39 is 66.3 Å². The average molecular weight is 682 g/mol. The summed E-state index contributed by atoms with van der Waals surface area (Å²) in [4.78, 5) is 63.0. The summed E-state index contributed by atoms with van der Waals surface area (Å²) < 4.78 is 13.0. The minimum Gasteiger partial charge on any atom is -0.455 e. The van der Waals surface area contributed by atoms with Crippen molar-refractivity contribution in [2.45, 2.75) is 93.8 Å². The van der Waals surface area contributed by atoms with E-state index in [0.717, 1.165) is 37.7 Å². The Hall–Kier alpha value is -4.28. The summed E-state index contributed by atoms with van der Waals surface area (Å²) in [5, 5.41) is 10.9. The Morgan fingerprint density at radius 3 is 2.32 bits per heavy atom. The van der Waals surface area contributed by atoms with Gasteiger partial charge in [0, 0.05) is 26.1 Å². The first kappa shape index (κ1) is 34.2. The summed E-state index contributed by atoms with van der Waals surface area (Å²) in [6, 6.07) is 16.0. The Morgan fingerprint density at radius 2 is 1.62 bits per heavy atom. The van der Waals surface area contributed by atoms with E-state index in [-0.39, 0.29) is 24.3 Å². The number of hydrogen-bond acceptors (Lipinski definition) is 7. The topological polar surface area (TPSA) is 117 Å². The summed E-state index contributed by atoms with van der Waals surface area (Å²) in [6.45, 7) is 1.76. The smallest absolute Gasteiger partial charge is 0.313 e. The van der Waals surface area contributed by atoms with E-state index in [1.54, 1.807) is 24.1 Å². The number of carbonyl (C=O) groups is 4. The highest BCUT2D eigenvalue weighted by molar-refractivity contribution is 5.99. The van der Waals surface area contributed by atoms with E-state index in [0.29, 0.717) is 18.5 Å². The van der Waals surface area contributed by atoms with Crippen molar-refractivity contribution in [3.05, 3.63) is 96.1 Å². The minimum absolute atomic E-state index is 0.0386.